The van der Waals surface area contributed by atoms with E-state index in [9.17, 15) is 4.91 Å². The standard InChI is InChI=1S/C6H6N2O.C2H2O/c7-5-1-3-6(8-9)4-2-5;1-2-3/h1-4H,7H2;1,3H. The van der Waals surface area contributed by atoms with Crippen molar-refractivity contribution in [3.63, 3.8) is 0 Å². The first-order valence-corrected chi connectivity index (χ1v) is 3.03. The molecule has 4 heteroatoms. The number of nitrogens with zero attached hydrogens (tertiary/aromatic N) is 1. The van der Waals surface area contributed by atoms with Crippen LogP contribution < -0.4 is 5.73 Å². The number of benzene rings is 1. The van der Waals surface area contributed by atoms with E-state index in [-0.39, 0.29) is 0 Å². The molecule has 0 unspecified atom stereocenters. The van der Waals surface area contributed by atoms with Crippen molar-refractivity contribution in [3.8, 4) is 12.5 Å². The lowest BCUT2D eigenvalue weighted by atomic mass is 10.3. The van der Waals surface area contributed by atoms with Crippen molar-refractivity contribution in [2.45, 2.75) is 0 Å². The van der Waals surface area contributed by atoms with Gasteiger partial charge in [-0.3, -0.25) is 0 Å². The summed E-state index contributed by atoms with van der Waals surface area (Å²) in [5.41, 5.74) is 6.39. The maximum atomic E-state index is 9.83. The molecule has 3 N–H and O–H groups in total. The monoisotopic (exact) mass is 164 g/mol. The molecule has 0 aliphatic carbocycles. The van der Waals surface area contributed by atoms with Crippen LogP contribution in [-0.4, -0.2) is 5.11 Å². The fraction of sp³-hybridized carbons (Fsp3) is 0. The summed E-state index contributed by atoms with van der Waals surface area (Å²) < 4.78 is 0. The van der Waals surface area contributed by atoms with Crippen LogP contribution in [-0.2, 0) is 0 Å². The van der Waals surface area contributed by atoms with E-state index < -0.39 is 0 Å². The number of nitrogen functional groups attached to an aromatic ring is 1. The second-order valence-corrected chi connectivity index (χ2v) is 1.81. The van der Waals surface area contributed by atoms with Crippen molar-refractivity contribution in [1.82, 2.24) is 0 Å². The molecular formula is C8H8N2O2. The van der Waals surface area contributed by atoms with Crippen molar-refractivity contribution in [1.29, 1.82) is 0 Å². The molecule has 0 radical (unpaired) electrons. The van der Waals surface area contributed by atoms with Crippen LogP contribution in [0.1, 0.15) is 0 Å². The van der Waals surface area contributed by atoms with Gasteiger partial charge in [-0.25, -0.2) is 0 Å². The molecule has 0 saturated heterocycles. The largest absolute Gasteiger partial charge is 0.462 e. The molecule has 0 aromatic heterocycles. The molecule has 0 bridgehead atoms. The highest BCUT2D eigenvalue weighted by Gasteiger charge is 1.86. The predicted octanol–water partition coefficient (Wildman–Crippen LogP) is 1.62. The fourth-order valence-corrected chi connectivity index (χ4v) is 0.535. The molecule has 1 aromatic carbocycles. The zero-order valence-corrected chi connectivity index (χ0v) is 6.27. The van der Waals surface area contributed by atoms with Gasteiger partial charge in [-0.2, -0.15) is 0 Å². The van der Waals surface area contributed by atoms with Crippen LogP contribution in [0.15, 0.2) is 29.4 Å². The minimum Gasteiger partial charge on any atom is -0.462 e. The highest BCUT2D eigenvalue weighted by Crippen LogP contribution is 2.12. The van der Waals surface area contributed by atoms with Gasteiger partial charge in [0, 0.05) is 5.69 Å². The van der Waals surface area contributed by atoms with Crippen LogP contribution in [0, 0.1) is 17.4 Å². The number of nitrogens with two attached hydrogens (primary N) is 1. The van der Waals surface area contributed by atoms with E-state index in [4.69, 9.17) is 10.8 Å². The van der Waals surface area contributed by atoms with Gasteiger partial charge in [-0.05, 0) is 29.4 Å². The summed E-state index contributed by atoms with van der Waals surface area (Å²) in [6.07, 6.45) is 5.40. The second kappa shape index (κ2) is 5.74. The smallest absolute Gasteiger partial charge is 0.108 e. The Bertz CT molecular complexity index is 274. The number of aliphatic hydroxyl groups excluding tert-OH is 1. The molecule has 0 fully saturated rings. The number of anilines is 1. The highest BCUT2D eigenvalue weighted by atomic mass is 16.3. The van der Waals surface area contributed by atoms with Gasteiger partial charge in [0.25, 0.3) is 0 Å². The highest BCUT2D eigenvalue weighted by molar-refractivity contribution is 5.47. The minimum absolute atomic E-state index is 0.407. The molecule has 4 nitrogen and oxygen atoms in total. The molecular weight excluding hydrogens is 156 g/mol. The van der Waals surface area contributed by atoms with Gasteiger partial charge in [0.05, 0.1) is 0 Å². The van der Waals surface area contributed by atoms with E-state index in [1.165, 1.54) is 6.11 Å². The van der Waals surface area contributed by atoms with Gasteiger partial charge in [0.15, 0.2) is 0 Å². The van der Waals surface area contributed by atoms with E-state index in [0.29, 0.717) is 11.4 Å². The van der Waals surface area contributed by atoms with Gasteiger partial charge in [0.1, 0.15) is 11.8 Å². The number of rotatable bonds is 1. The van der Waals surface area contributed by atoms with E-state index in [2.05, 4.69) is 11.6 Å². The summed E-state index contributed by atoms with van der Waals surface area (Å²) in [4.78, 5) is 9.83. The Morgan fingerprint density at radius 3 is 2.17 bits per heavy atom. The molecule has 1 aromatic rings. The van der Waals surface area contributed by atoms with Crippen molar-refractivity contribution in [3.05, 3.63) is 29.2 Å². The van der Waals surface area contributed by atoms with Crippen LogP contribution in [0.5, 0.6) is 0 Å². The quantitative estimate of drug-likeness (QED) is 0.376. The SMILES string of the molecule is C#CO.Nc1ccc(N=O)cc1. The van der Waals surface area contributed by atoms with Gasteiger partial charge >= 0.3 is 0 Å². The molecule has 0 atom stereocenters. The van der Waals surface area contributed by atoms with Crippen LogP contribution in [0.25, 0.3) is 0 Å². The van der Waals surface area contributed by atoms with Crippen molar-refractivity contribution < 1.29 is 5.11 Å². The number of hydrogen-bond acceptors (Lipinski definition) is 4. The topological polar surface area (TPSA) is 75.7 Å². The van der Waals surface area contributed by atoms with Crippen molar-refractivity contribution >= 4 is 11.4 Å². The van der Waals surface area contributed by atoms with Crippen molar-refractivity contribution in [2.75, 3.05) is 5.73 Å². The average molecular weight is 164 g/mol. The summed E-state index contributed by atoms with van der Waals surface area (Å²) in [5.74, 6) is 0. The molecule has 62 valence electrons. The van der Waals surface area contributed by atoms with Gasteiger partial charge in [-0.15, -0.1) is 4.91 Å². The number of hydrogen-bond donors (Lipinski definition) is 2. The maximum Gasteiger partial charge on any atom is 0.108 e. The average Bonchev–Trinajstić information content (AvgIpc) is 2.07. The molecule has 0 aliphatic rings. The summed E-state index contributed by atoms with van der Waals surface area (Å²) in [6.45, 7) is 0. The molecule has 0 spiro atoms. The Morgan fingerprint density at radius 2 is 1.83 bits per heavy atom. The summed E-state index contributed by atoms with van der Waals surface area (Å²) in [6, 6.07) is 6.41. The third-order valence-electron chi connectivity index (χ3n) is 0.998. The lowest BCUT2D eigenvalue weighted by molar-refractivity contribution is 0.518. The van der Waals surface area contributed by atoms with Crippen LogP contribution >= 0.6 is 0 Å². The normalized spacial score (nSPS) is 7.25. The molecule has 1 rings (SSSR count). The maximum absolute atomic E-state index is 9.83. The Kier molecular flexibility index (Phi) is 4.77. The van der Waals surface area contributed by atoms with Gasteiger partial charge in [0.2, 0.25) is 0 Å². The fourth-order valence-electron chi connectivity index (χ4n) is 0.535. The van der Waals surface area contributed by atoms with E-state index in [1.54, 1.807) is 24.3 Å². The summed E-state index contributed by atoms with van der Waals surface area (Å²) >= 11 is 0. The zero-order chi connectivity index (χ0) is 9.40. The summed E-state index contributed by atoms with van der Waals surface area (Å²) in [7, 11) is 0. The number of nitroso groups, excluding NO2 is 1. The van der Waals surface area contributed by atoms with E-state index in [1.807, 2.05) is 0 Å². The first-order chi connectivity index (χ1) is 5.74. The van der Waals surface area contributed by atoms with Gasteiger partial charge in [-0.1, -0.05) is 6.42 Å². The van der Waals surface area contributed by atoms with Crippen LogP contribution in [0.3, 0.4) is 0 Å². The first kappa shape index (κ1) is 9.98. The number of aliphatic hydroxyl groups is 1. The van der Waals surface area contributed by atoms with Gasteiger partial charge < -0.3 is 10.8 Å². The molecule has 0 amide bonds. The number of terminal acetylenes is 1. The Balaban J connectivity index is 0.000000354. The zero-order valence-electron chi connectivity index (χ0n) is 6.27. The lowest BCUT2D eigenvalue weighted by Crippen LogP contribution is -1.80. The second-order valence-electron chi connectivity index (χ2n) is 1.81. The third-order valence-corrected chi connectivity index (χ3v) is 0.998. The first-order valence-electron chi connectivity index (χ1n) is 3.03. The predicted molar refractivity (Wildman–Crippen MR) is 47.1 cm³/mol. The van der Waals surface area contributed by atoms with Crippen LogP contribution in [0.4, 0.5) is 11.4 Å². The molecule has 0 heterocycles. The Labute approximate surface area is 70.0 Å². The van der Waals surface area contributed by atoms with E-state index >= 15 is 0 Å². The summed E-state index contributed by atoms with van der Waals surface area (Å²) in [5, 5.41) is 9.80. The van der Waals surface area contributed by atoms with Crippen LogP contribution in [0.2, 0.25) is 0 Å². The molecule has 12 heavy (non-hydrogen) atoms. The molecule has 0 aliphatic heterocycles. The minimum atomic E-state index is 0.407. The van der Waals surface area contributed by atoms with Crippen molar-refractivity contribution in [2.24, 2.45) is 5.18 Å². The Hall–Kier alpha value is -2.02. The van der Waals surface area contributed by atoms with E-state index in [0.717, 1.165) is 0 Å². The third kappa shape index (κ3) is 3.90. The lowest BCUT2D eigenvalue weighted by Gasteiger charge is -1.88. The molecule has 0 saturated carbocycles. The Morgan fingerprint density at radius 1 is 1.42 bits per heavy atom.